The van der Waals surface area contributed by atoms with E-state index in [4.69, 9.17) is 15.2 Å². The quantitative estimate of drug-likeness (QED) is 0.397. The lowest BCUT2D eigenvalue weighted by Crippen LogP contribution is -2.32. The number of esters is 1. The molecule has 1 atom stereocenters. The molecular weight excluding hydrogens is 370 g/mol. The van der Waals surface area contributed by atoms with Crippen molar-refractivity contribution in [3.05, 3.63) is 64.2 Å². The molecule has 0 unspecified atom stereocenters. The van der Waals surface area contributed by atoms with Crippen molar-refractivity contribution in [2.75, 3.05) is 11.9 Å². The Kier molecular flexibility index (Phi) is 6.63. The molecule has 2 aromatic rings. The van der Waals surface area contributed by atoms with Crippen LogP contribution in [0.5, 0.6) is 5.75 Å². The van der Waals surface area contributed by atoms with Gasteiger partial charge in [0.25, 0.3) is 17.5 Å². The number of benzene rings is 2. The fourth-order valence-electron chi connectivity index (χ4n) is 2.19. The van der Waals surface area contributed by atoms with Crippen molar-refractivity contribution < 1.29 is 28.8 Å². The van der Waals surface area contributed by atoms with Crippen LogP contribution in [0.4, 0.5) is 11.4 Å². The zero-order chi connectivity index (χ0) is 20.7. The maximum absolute atomic E-state index is 12.1. The summed E-state index contributed by atoms with van der Waals surface area (Å²) in [5.74, 6) is -2.24. The molecular formula is C18H17N3O7. The third-order valence-electron chi connectivity index (χ3n) is 3.53. The van der Waals surface area contributed by atoms with Gasteiger partial charge in [0.15, 0.2) is 12.7 Å². The summed E-state index contributed by atoms with van der Waals surface area (Å²) < 4.78 is 10.2. The molecule has 146 valence electrons. The molecule has 0 bridgehead atoms. The van der Waals surface area contributed by atoms with Crippen molar-refractivity contribution in [1.29, 1.82) is 0 Å². The first-order chi connectivity index (χ1) is 13.3. The van der Waals surface area contributed by atoms with Crippen LogP contribution in [0.1, 0.15) is 17.3 Å². The van der Waals surface area contributed by atoms with Crippen LogP contribution in [-0.4, -0.2) is 35.4 Å². The number of carbonyl (C=O) groups is 3. The van der Waals surface area contributed by atoms with E-state index in [1.807, 2.05) is 0 Å². The lowest BCUT2D eigenvalue weighted by molar-refractivity contribution is -0.383. The van der Waals surface area contributed by atoms with Gasteiger partial charge in [0.05, 0.1) is 10.5 Å². The second-order valence-corrected chi connectivity index (χ2v) is 5.54. The minimum absolute atomic E-state index is 0.0213. The number of nitrogens with zero attached hydrogens (tertiary/aromatic N) is 1. The van der Waals surface area contributed by atoms with E-state index in [9.17, 15) is 24.5 Å². The highest BCUT2D eigenvalue weighted by Crippen LogP contribution is 2.23. The Balaban J connectivity index is 1.93. The molecule has 10 nitrogen and oxygen atoms in total. The fraction of sp³-hybridized carbons (Fsp3) is 0.167. The van der Waals surface area contributed by atoms with Crippen LogP contribution in [0, 0.1) is 10.1 Å². The van der Waals surface area contributed by atoms with Crippen molar-refractivity contribution in [1.82, 2.24) is 0 Å². The topological polar surface area (TPSA) is 151 Å². The van der Waals surface area contributed by atoms with Crippen LogP contribution in [0.3, 0.4) is 0 Å². The van der Waals surface area contributed by atoms with E-state index in [2.05, 4.69) is 5.32 Å². The van der Waals surface area contributed by atoms with E-state index in [-0.39, 0.29) is 22.7 Å². The first-order valence-electron chi connectivity index (χ1n) is 8.05. The summed E-state index contributed by atoms with van der Waals surface area (Å²) in [6.07, 6.45) is -1.23. The smallest absolute Gasteiger partial charge is 0.344 e. The van der Waals surface area contributed by atoms with Crippen LogP contribution in [0.15, 0.2) is 48.5 Å². The summed E-state index contributed by atoms with van der Waals surface area (Å²) in [6, 6.07) is 11.6. The molecule has 0 saturated heterocycles. The molecule has 0 fully saturated rings. The summed E-state index contributed by atoms with van der Waals surface area (Å²) in [6.45, 7) is 0.743. The lowest BCUT2D eigenvalue weighted by Gasteiger charge is -2.14. The molecule has 0 radical (unpaired) electrons. The van der Waals surface area contributed by atoms with Gasteiger partial charge in [-0.2, -0.15) is 0 Å². The van der Waals surface area contributed by atoms with Crippen LogP contribution in [-0.2, 0) is 14.3 Å². The summed E-state index contributed by atoms with van der Waals surface area (Å²) in [7, 11) is 0. The fourth-order valence-corrected chi connectivity index (χ4v) is 2.19. The number of amides is 2. The summed E-state index contributed by atoms with van der Waals surface area (Å²) in [5, 5.41) is 13.3. The molecule has 28 heavy (non-hydrogen) atoms. The van der Waals surface area contributed by atoms with E-state index in [1.54, 1.807) is 12.1 Å². The zero-order valence-electron chi connectivity index (χ0n) is 14.8. The number of rotatable bonds is 8. The Bertz CT molecular complexity index is 914. The van der Waals surface area contributed by atoms with Crippen LogP contribution in [0.25, 0.3) is 0 Å². The van der Waals surface area contributed by atoms with Crippen LogP contribution < -0.4 is 15.8 Å². The van der Waals surface area contributed by atoms with E-state index in [0.717, 1.165) is 0 Å². The second-order valence-electron chi connectivity index (χ2n) is 5.54. The Hall–Kier alpha value is -3.95. The first-order valence-corrected chi connectivity index (χ1v) is 8.05. The lowest BCUT2D eigenvalue weighted by atomic mass is 10.2. The van der Waals surface area contributed by atoms with Gasteiger partial charge in [-0.15, -0.1) is 0 Å². The van der Waals surface area contributed by atoms with Crippen molar-refractivity contribution in [3.63, 3.8) is 0 Å². The molecule has 0 heterocycles. The number of ether oxygens (including phenoxy) is 2. The standard InChI is InChI=1S/C18H17N3O7/c1-11(18(24)20-13-7-3-4-8-14(13)21(25)26)28-16(22)10-27-15-9-5-2-6-12(15)17(19)23/h2-9,11H,10H2,1H3,(H2,19,23)(H,20,24)/t11-/m0/s1. The Morgan fingerprint density at radius 1 is 1.14 bits per heavy atom. The number of anilines is 1. The summed E-state index contributed by atoms with van der Waals surface area (Å²) in [4.78, 5) is 45.6. The van der Waals surface area contributed by atoms with Crippen molar-refractivity contribution in [3.8, 4) is 5.75 Å². The number of primary amides is 1. The molecule has 0 aliphatic heterocycles. The van der Waals surface area contributed by atoms with Gasteiger partial charge in [0.2, 0.25) is 0 Å². The second kappa shape index (κ2) is 9.12. The van der Waals surface area contributed by atoms with Gasteiger partial charge in [-0.25, -0.2) is 4.79 Å². The molecule has 0 aliphatic rings. The van der Waals surface area contributed by atoms with Crippen molar-refractivity contribution in [2.45, 2.75) is 13.0 Å². The van der Waals surface area contributed by atoms with Gasteiger partial charge in [-0.1, -0.05) is 24.3 Å². The number of hydrogen-bond donors (Lipinski definition) is 2. The number of nitrogens with two attached hydrogens (primary N) is 1. The van der Waals surface area contributed by atoms with Gasteiger partial charge >= 0.3 is 5.97 Å². The summed E-state index contributed by atoms with van der Waals surface area (Å²) >= 11 is 0. The minimum atomic E-state index is -1.23. The molecule has 2 amide bonds. The van der Waals surface area contributed by atoms with E-state index in [0.29, 0.717) is 0 Å². The van der Waals surface area contributed by atoms with Gasteiger partial charge < -0.3 is 20.5 Å². The predicted molar refractivity (Wildman–Crippen MR) is 97.7 cm³/mol. The maximum atomic E-state index is 12.1. The Morgan fingerprint density at radius 2 is 1.79 bits per heavy atom. The highest BCUT2D eigenvalue weighted by atomic mass is 16.6. The Morgan fingerprint density at radius 3 is 2.46 bits per heavy atom. The summed E-state index contributed by atoms with van der Waals surface area (Å²) in [5.41, 5.74) is 4.99. The first kappa shape index (κ1) is 20.4. The molecule has 2 rings (SSSR count). The van der Waals surface area contributed by atoms with Gasteiger partial charge in [-0.05, 0) is 25.1 Å². The molecule has 10 heteroatoms. The molecule has 0 saturated carbocycles. The maximum Gasteiger partial charge on any atom is 0.344 e. The highest BCUT2D eigenvalue weighted by molar-refractivity contribution is 5.97. The largest absolute Gasteiger partial charge is 0.481 e. The molecule has 0 aliphatic carbocycles. The number of nitro benzene ring substituents is 1. The minimum Gasteiger partial charge on any atom is -0.481 e. The number of nitro groups is 1. The number of para-hydroxylation sites is 3. The third-order valence-corrected chi connectivity index (χ3v) is 3.53. The number of carbonyl (C=O) groups excluding carboxylic acids is 3. The number of nitrogens with one attached hydrogen (secondary N) is 1. The highest BCUT2D eigenvalue weighted by Gasteiger charge is 2.22. The van der Waals surface area contributed by atoms with Crippen molar-refractivity contribution >= 4 is 29.2 Å². The van der Waals surface area contributed by atoms with Crippen LogP contribution >= 0.6 is 0 Å². The molecule has 3 N–H and O–H groups in total. The van der Waals surface area contributed by atoms with E-state index in [1.165, 1.54) is 43.3 Å². The SMILES string of the molecule is C[C@H](OC(=O)COc1ccccc1C(N)=O)C(=O)Nc1ccccc1[N+](=O)[O-]. The van der Waals surface area contributed by atoms with Gasteiger partial charge in [0.1, 0.15) is 11.4 Å². The van der Waals surface area contributed by atoms with Gasteiger partial charge in [0, 0.05) is 6.07 Å². The number of hydrogen-bond acceptors (Lipinski definition) is 7. The average molecular weight is 387 g/mol. The van der Waals surface area contributed by atoms with E-state index >= 15 is 0 Å². The normalized spacial score (nSPS) is 11.2. The predicted octanol–water partition coefficient (Wildman–Crippen LogP) is 1.64. The Labute approximate surface area is 159 Å². The average Bonchev–Trinajstić information content (AvgIpc) is 2.66. The van der Waals surface area contributed by atoms with Gasteiger partial charge in [-0.3, -0.25) is 19.7 Å². The monoisotopic (exact) mass is 387 g/mol. The molecule has 0 spiro atoms. The molecule has 0 aromatic heterocycles. The van der Waals surface area contributed by atoms with E-state index < -0.39 is 35.4 Å². The third kappa shape index (κ3) is 5.27. The van der Waals surface area contributed by atoms with Crippen LogP contribution in [0.2, 0.25) is 0 Å². The molecule has 2 aromatic carbocycles. The van der Waals surface area contributed by atoms with Crippen molar-refractivity contribution in [2.24, 2.45) is 5.73 Å². The zero-order valence-corrected chi connectivity index (χ0v) is 14.8.